The van der Waals surface area contributed by atoms with E-state index >= 15 is 0 Å². The Morgan fingerprint density at radius 1 is 1.12 bits per heavy atom. The quantitative estimate of drug-likeness (QED) is 0.560. The standard InChI is InChI=1S/C27H34N4O2/c1-20-17-26(30(3)29-20)27(32)28-18-21(2)33-25-11-9-22(10-12-25)19-31-15-13-24(14-16-31)23-7-5-4-6-8-23/h4-12,17,21,24H,13-16,18-19H2,1-3H3,(H,28,32). The molecule has 33 heavy (non-hydrogen) atoms. The molecule has 1 atom stereocenters. The monoisotopic (exact) mass is 446 g/mol. The Hall–Kier alpha value is -3.12. The molecule has 0 radical (unpaired) electrons. The first kappa shape index (κ1) is 23.1. The number of nitrogens with one attached hydrogen (secondary N) is 1. The highest BCUT2D eigenvalue weighted by Crippen LogP contribution is 2.28. The van der Waals surface area contributed by atoms with Crippen LogP contribution < -0.4 is 10.1 Å². The van der Waals surface area contributed by atoms with Crippen molar-refractivity contribution in [3.63, 3.8) is 0 Å². The molecule has 6 heteroatoms. The normalized spacial score (nSPS) is 15.8. The second kappa shape index (κ2) is 10.7. The Morgan fingerprint density at radius 3 is 2.45 bits per heavy atom. The minimum Gasteiger partial charge on any atom is -0.489 e. The van der Waals surface area contributed by atoms with E-state index in [-0.39, 0.29) is 12.0 Å². The molecule has 4 rings (SSSR count). The zero-order valence-corrected chi connectivity index (χ0v) is 19.8. The van der Waals surface area contributed by atoms with Gasteiger partial charge in [0.2, 0.25) is 0 Å². The maximum absolute atomic E-state index is 12.3. The summed E-state index contributed by atoms with van der Waals surface area (Å²) < 4.78 is 7.59. The molecule has 2 heterocycles. The fourth-order valence-corrected chi connectivity index (χ4v) is 4.51. The van der Waals surface area contributed by atoms with Crippen LogP contribution in [-0.2, 0) is 13.6 Å². The van der Waals surface area contributed by atoms with Crippen LogP contribution in [0.4, 0.5) is 0 Å². The number of nitrogens with zero attached hydrogens (tertiary/aromatic N) is 3. The van der Waals surface area contributed by atoms with E-state index < -0.39 is 0 Å². The minimum atomic E-state index is -0.139. The SMILES string of the molecule is Cc1cc(C(=O)NCC(C)Oc2ccc(CN3CCC(c4ccccc4)CC3)cc2)n(C)n1. The highest BCUT2D eigenvalue weighted by molar-refractivity contribution is 5.92. The van der Waals surface area contributed by atoms with E-state index in [1.54, 1.807) is 17.8 Å². The average molecular weight is 447 g/mol. The molecule has 1 fully saturated rings. The molecule has 1 unspecified atom stereocenters. The van der Waals surface area contributed by atoms with Gasteiger partial charge >= 0.3 is 0 Å². The number of carbonyl (C=O) groups is 1. The molecule has 1 saturated heterocycles. The van der Waals surface area contributed by atoms with Crippen LogP contribution in [0, 0.1) is 6.92 Å². The van der Waals surface area contributed by atoms with Crippen LogP contribution in [-0.4, -0.2) is 46.3 Å². The molecule has 0 saturated carbocycles. The molecule has 2 aromatic carbocycles. The molecule has 0 bridgehead atoms. The fourth-order valence-electron chi connectivity index (χ4n) is 4.51. The number of likely N-dealkylation sites (tertiary alicyclic amines) is 1. The van der Waals surface area contributed by atoms with E-state index in [1.165, 1.54) is 24.0 Å². The van der Waals surface area contributed by atoms with Gasteiger partial charge in [-0.15, -0.1) is 0 Å². The highest BCUT2D eigenvalue weighted by atomic mass is 16.5. The van der Waals surface area contributed by atoms with E-state index in [0.717, 1.165) is 31.1 Å². The van der Waals surface area contributed by atoms with E-state index in [4.69, 9.17) is 4.74 Å². The van der Waals surface area contributed by atoms with Crippen LogP contribution in [0.3, 0.4) is 0 Å². The molecular formula is C27H34N4O2. The summed E-state index contributed by atoms with van der Waals surface area (Å²) in [5.74, 6) is 1.36. The molecule has 1 aliphatic rings. The van der Waals surface area contributed by atoms with E-state index in [1.807, 2.05) is 26.0 Å². The first-order valence-electron chi connectivity index (χ1n) is 11.8. The van der Waals surface area contributed by atoms with Crippen LogP contribution >= 0.6 is 0 Å². The molecule has 1 aliphatic heterocycles. The number of hydrogen-bond acceptors (Lipinski definition) is 4. The minimum absolute atomic E-state index is 0.133. The third kappa shape index (κ3) is 6.23. The predicted octanol–water partition coefficient (Wildman–Crippen LogP) is 4.31. The molecule has 0 spiro atoms. The lowest BCUT2D eigenvalue weighted by atomic mass is 9.89. The summed E-state index contributed by atoms with van der Waals surface area (Å²) in [5.41, 5.74) is 4.15. The van der Waals surface area contributed by atoms with E-state index in [0.29, 0.717) is 18.2 Å². The van der Waals surface area contributed by atoms with Gasteiger partial charge in [0.15, 0.2) is 0 Å². The zero-order valence-electron chi connectivity index (χ0n) is 19.8. The van der Waals surface area contributed by atoms with Crippen LogP contribution in [0.15, 0.2) is 60.7 Å². The molecule has 1 N–H and O–H groups in total. The topological polar surface area (TPSA) is 59.4 Å². The molecule has 0 aliphatic carbocycles. The van der Waals surface area contributed by atoms with Crippen molar-refractivity contribution >= 4 is 5.91 Å². The number of carbonyl (C=O) groups excluding carboxylic acids is 1. The lowest BCUT2D eigenvalue weighted by Crippen LogP contribution is -2.34. The van der Waals surface area contributed by atoms with E-state index in [9.17, 15) is 4.79 Å². The Balaban J connectivity index is 1.21. The number of amides is 1. The Morgan fingerprint density at radius 2 is 1.82 bits per heavy atom. The summed E-state index contributed by atoms with van der Waals surface area (Å²) in [7, 11) is 1.77. The van der Waals surface area contributed by atoms with Crippen molar-refractivity contribution in [3.05, 3.63) is 83.2 Å². The first-order chi connectivity index (χ1) is 16.0. The van der Waals surface area contributed by atoms with Crippen molar-refractivity contribution in [2.24, 2.45) is 7.05 Å². The summed E-state index contributed by atoms with van der Waals surface area (Å²) in [6.07, 6.45) is 2.30. The maximum Gasteiger partial charge on any atom is 0.269 e. The van der Waals surface area contributed by atoms with Crippen LogP contribution in [0.1, 0.15) is 53.0 Å². The second-order valence-corrected chi connectivity index (χ2v) is 9.04. The van der Waals surface area contributed by atoms with Gasteiger partial charge in [-0.25, -0.2) is 0 Å². The van der Waals surface area contributed by atoms with Gasteiger partial charge < -0.3 is 10.1 Å². The molecule has 6 nitrogen and oxygen atoms in total. The predicted molar refractivity (Wildman–Crippen MR) is 131 cm³/mol. The summed E-state index contributed by atoms with van der Waals surface area (Å²) >= 11 is 0. The molecule has 1 aromatic heterocycles. The van der Waals surface area contributed by atoms with Gasteiger partial charge in [-0.1, -0.05) is 42.5 Å². The van der Waals surface area contributed by atoms with Gasteiger partial charge in [0.05, 0.1) is 12.2 Å². The number of ether oxygens (including phenoxy) is 1. The number of hydrogen-bond donors (Lipinski definition) is 1. The summed E-state index contributed by atoms with van der Waals surface area (Å²) in [5, 5.41) is 7.14. The average Bonchev–Trinajstić information content (AvgIpc) is 3.18. The molecule has 1 amide bonds. The molecule has 174 valence electrons. The lowest BCUT2D eigenvalue weighted by molar-refractivity contribution is 0.0922. The smallest absolute Gasteiger partial charge is 0.269 e. The zero-order chi connectivity index (χ0) is 23.2. The Labute approximate surface area is 196 Å². The lowest BCUT2D eigenvalue weighted by Gasteiger charge is -2.32. The van der Waals surface area contributed by atoms with Crippen molar-refractivity contribution in [1.29, 1.82) is 0 Å². The van der Waals surface area contributed by atoms with Gasteiger partial charge in [-0.05, 0) is 75.0 Å². The Bertz CT molecular complexity index is 1040. The Kier molecular flexibility index (Phi) is 7.45. The van der Waals surface area contributed by atoms with Gasteiger partial charge in [0.1, 0.15) is 17.5 Å². The summed E-state index contributed by atoms with van der Waals surface area (Å²) in [4.78, 5) is 14.9. The molecular weight excluding hydrogens is 412 g/mol. The number of rotatable bonds is 8. The summed E-state index contributed by atoms with van der Waals surface area (Å²) in [6, 6.07) is 21.0. The largest absolute Gasteiger partial charge is 0.489 e. The van der Waals surface area contributed by atoms with Crippen molar-refractivity contribution in [3.8, 4) is 5.75 Å². The van der Waals surface area contributed by atoms with Crippen molar-refractivity contribution in [2.75, 3.05) is 19.6 Å². The first-order valence-corrected chi connectivity index (χ1v) is 11.8. The fraction of sp³-hybridized carbons (Fsp3) is 0.407. The highest BCUT2D eigenvalue weighted by Gasteiger charge is 2.20. The van der Waals surface area contributed by atoms with Crippen LogP contribution in [0.5, 0.6) is 5.75 Å². The number of aromatic nitrogens is 2. The van der Waals surface area contributed by atoms with Gasteiger partial charge in [-0.3, -0.25) is 14.4 Å². The van der Waals surface area contributed by atoms with Crippen molar-refractivity contribution in [2.45, 2.75) is 45.3 Å². The molecule has 3 aromatic rings. The maximum atomic E-state index is 12.3. The number of benzene rings is 2. The van der Waals surface area contributed by atoms with Crippen LogP contribution in [0.2, 0.25) is 0 Å². The van der Waals surface area contributed by atoms with E-state index in [2.05, 4.69) is 57.8 Å². The van der Waals surface area contributed by atoms with Gasteiger partial charge in [0.25, 0.3) is 5.91 Å². The third-order valence-corrected chi connectivity index (χ3v) is 6.31. The van der Waals surface area contributed by atoms with Crippen molar-refractivity contribution in [1.82, 2.24) is 20.0 Å². The van der Waals surface area contributed by atoms with Gasteiger partial charge in [0, 0.05) is 13.6 Å². The number of piperidine rings is 1. The second-order valence-electron chi connectivity index (χ2n) is 9.04. The number of aryl methyl sites for hydroxylation is 2. The summed E-state index contributed by atoms with van der Waals surface area (Å²) in [6.45, 7) is 7.49. The van der Waals surface area contributed by atoms with Crippen LogP contribution in [0.25, 0.3) is 0 Å². The van der Waals surface area contributed by atoms with Crippen molar-refractivity contribution < 1.29 is 9.53 Å². The third-order valence-electron chi connectivity index (χ3n) is 6.31. The van der Waals surface area contributed by atoms with Gasteiger partial charge in [-0.2, -0.15) is 5.10 Å².